The number of nitrogens with zero attached hydrogens (tertiary/aromatic N) is 2. The molecule has 0 aliphatic heterocycles. The maximum absolute atomic E-state index is 4.54. The lowest BCUT2D eigenvalue weighted by Crippen LogP contribution is -2.31. The van der Waals surface area contributed by atoms with Crippen molar-refractivity contribution >= 4 is 32.5 Å². The minimum Gasteiger partial charge on any atom is -0.358 e. The molecule has 1 aromatic heterocycles. The third kappa shape index (κ3) is 3.70. The molecule has 2 aromatic rings. The Kier molecular flexibility index (Phi) is 5.38. The Bertz CT molecular complexity index is 569. The fraction of sp³-hybridized carbons (Fsp3) is 0.438. The zero-order chi connectivity index (χ0) is 14.5. The van der Waals surface area contributed by atoms with Crippen LogP contribution in [0.3, 0.4) is 0 Å². The van der Waals surface area contributed by atoms with E-state index in [4.69, 9.17) is 0 Å². The second kappa shape index (κ2) is 7.04. The molecule has 0 saturated carbocycles. The Hall–Kier alpha value is -1.13. The van der Waals surface area contributed by atoms with Gasteiger partial charge >= 0.3 is 0 Å². The molecule has 4 heteroatoms. The van der Waals surface area contributed by atoms with Gasteiger partial charge in [0.1, 0.15) is 5.82 Å². The van der Waals surface area contributed by atoms with Crippen molar-refractivity contribution < 1.29 is 0 Å². The van der Waals surface area contributed by atoms with Crippen molar-refractivity contribution in [3.05, 3.63) is 34.9 Å². The lowest BCUT2D eigenvalue weighted by atomic mass is 10.1. The minimum atomic E-state index is 0.687. The average Bonchev–Trinajstić information content (AvgIpc) is 2.43. The van der Waals surface area contributed by atoms with E-state index in [-0.39, 0.29) is 0 Å². The number of pyridine rings is 1. The molecule has 0 bridgehead atoms. The Labute approximate surface area is 129 Å². The summed E-state index contributed by atoms with van der Waals surface area (Å²) >= 11 is 3.60. The Morgan fingerprint density at radius 3 is 2.80 bits per heavy atom. The van der Waals surface area contributed by atoms with Crippen molar-refractivity contribution in [2.24, 2.45) is 5.92 Å². The molecule has 20 heavy (non-hydrogen) atoms. The predicted molar refractivity (Wildman–Crippen MR) is 90.4 cm³/mol. The maximum Gasteiger partial charge on any atom is 0.136 e. The molecule has 2 rings (SSSR count). The monoisotopic (exact) mass is 335 g/mol. The summed E-state index contributed by atoms with van der Waals surface area (Å²) in [7, 11) is 2.10. The number of aromatic nitrogens is 1. The summed E-state index contributed by atoms with van der Waals surface area (Å²) < 4.78 is 1.12. The van der Waals surface area contributed by atoms with Crippen LogP contribution in [-0.2, 0) is 0 Å². The van der Waals surface area contributed by atoms with Gasteiger partial charge in [-0.3, -0.25) is 0 Å². The average molecular weight is 336 g/mol. The van der Waals surface area contributed by atoms with Crippen LogP contribution >= 0.6 is 15.9 Å². The first-order valence-corrected chi connectivity index (χ1v) is 7.84. The van der Waals surface area contributed by atoms with Gasteiger partial charge in [-0.05, 0) is 24.6 Å². The van der Waals surface area contributed by atoms with E-state index in [9.17, 15) is 0 Å². The standard InChI is InChI=1S/C16H22BrN3/c1-12(2)11-18-9-10-20(3)16-14-5-4-6-15(17)13(14)7-8-19-16/h4-8,12,18H,9-11H2,1-3H3. The molecule has 108 valence electrons. The molecule has 1 heterocycles. The number of hydrogen-bond acceptors (Lipinski definition) is 3. The number of hydrogen-bond donors (Lipinski definition) is 1. The number of anilines is 1. The number of halogens is 1. The predicted octanol–water partition coefficient (Wildman–Crippen LogP) is 3.68. The SMILES string of the molecule is CC(C)CNCCN(C)c1nccc2c(Br)cccc12. The van der Waals surface area contributed by atoms with Crippen LogP contribution in [0.2, 0.25) is 0 Å². The number of nitrogens with one attached hydrogen (secondary N) is 1. The van der Waals surface area contributed by atoms with E-state index in [0.29, 0.717) is 5.92 Å². The van der Waals surface area contributed by atoms with E-state index < -0.39 is 0 Å². The Morgan fingerprint density at radius 2 is 2.05 bits per heavy atom. The quantitative estimate of drug-likeness (QED) is 0.816. The van der Waals surface area contributed by atoms with Gasteiger partial charge in [0.15, 0.2) is 0 Å². The van der Waals surface area contributed by atoms with E-state index in [1.54, 1.807) is 0 Å². The number of fused-ring (bicyclic) bond motifs is 1. The lowest BCUT2D eigenvalue weighted by molar-refractivity contribution is 0.554. The Balaban J connectivity index is 2.10. The first-order chi connectivity index (χ1) is 9.59. The van der Waals surface area contributed by atoms with Crippen molar-refractivity contribution in [1.29, 1.82) is 0 Å². The fourth-order valence-electron chi connectivity index (χ4n) is 2.20. The molecule has 3 nitrogen and oxygen atoms in total. The Morgan fingerprint density at radius 1 is 1.25 bits per heavy atom. The highest BCUT2D eigenvalue weighted by molar-refractivity contribution is 9.10. The van der Waals surface area contributed by atoms with Gasteiger partial charge in [0, 0.05) is 41.6 Å². The van der Waals surface area contributed by atoms with Gasteiger partial charge in [0.25, 0.3) is 0 Å². The molecule has 0 fully saturated rings. The number of rotatable bonds is 6. The highest BCUT2D eigenvalue weighted by Crippen LogP contribution is 2.28. The highest BCUT2D eigenvalue weighted by Gasteiger charge is 2.08. The van der Waals surface area contributed by atoms with Gasteiger partial charge in [0.05, 0.1) is 0 Å². The summed E-state index contributed by atoms with van der Waals surface area (Å²) in [5.74, 6) is 1.72. The largest absolute Gasteiger partial charge is 0.358 e. The van der Waals surface area contributed by atoms with E-state index in [1.807, 2.05) is 12.3 Å². The molecule has 0 unspecified atom stereocenters. The van der Waals surface area contributed by atoms with Crippen molar-refractivity contribution in [2.75, 3.05) is 31.6 Å². The van der Waals surface area contributed by atoms with E-state index >= 15 is 0 Å². The third-order valence-corrected chi connectivity index (χ3v) is 3.96. The van der Waals surface area contributed by atoms with Crippen LogP contribution in [0.25, 0.3) is 10.8 Å². The van der Waals surface area contributed by atoms with Crippen molar-refractivity contribution in [1.82, 2.24) is 10.3 Å². The fourth-order valence-corrected chi connectivity index (χ4v) is 2.70. The number of likely N-dealkylation sites (N-methyl/N-ethyl adjacent to an activating group) is 1. The first-order valence-electron chi connectivity index (χ1n) is 7.04. The highest BCUT2D eigenvalue weighted by atomic mass is 79.9. The van der Waals surface area contributed by atoms with Crippen molar-refractivity contribution in [3.63, 3.8) is 0 Å². The van der Waals surface area contributed by atoms with Gasteiger partial charge in [-0.15, -0.1) is 0 Å². The van der Waals surface area contributed by atoms with Gasteiger partial charge in [-0.2, -0.15) is 0 Å². The van der Waals surface area contributed by atoms with E-state index in [2.05, 4.69) is 70.2 Å². The topological polar surface area (TPSA) is 28.2 Å². The molecule has 0 aliphatic rings. The molecule has 0 saturated heterocycles. The normalized spacial score (nSPS) is 11.2. The molecule has 1 aromatic carbocycles. The van der Waals surface area contributed by atoms with Gasteiger partial charge in [-0.25, -0.2) is 4.98 Å². The molecule has 0 spiro atoms. The van der Waals surface area contributed by atoms with Gasteiger partial charge < -0.3 is 10.2 Å². The number of benzene rings is 1. The second-order valence-electron chi connectivity index (χ2n) is 5.49. The van der Waals surface area contributed by atoms with Crippen LogP contribution < -0.4 is 10.2 Å². The molecule has 0 atom stereocenters. The van der Waals surface area contributed by atoms with Crippen LogP contribution in [-0.4, -0.2) is 31.7 Å². The summed E-state index contributed by atoms with van der Waals surface area (Å²) in [6, 6.07) is 8.30. The first kappa shape index (κ1) is 15.3. The summed E-state index contributed by atoms with van der Waals surface area (Å²) in [5.41, 5.74) is 0. The zero-order valence-electron chi connectivity index (χ0n) is 12.4. The van der Waals surface area contributed by atoms with Gasteiger partial charge in [0.2, 0.25) is 0 Å². The second-order valence-corrected chi connectivity index (χ2v) is 6.34. The van der Waals surface area contributed by atoms with Crippen LogP contribution in [0.4, 0.5) is 5.82 Å². The molecular formula is C16H22BrN3. The smallest absolute Gasteiger partial charge is 0.136 e. The van der Waals surface area contributed by atoms with Crippen molar-refractivity contribution in [3.8, 4) is 0 Å². The minimum absolute atomic E-state index is 0.687. The lowest BCUT2D eigenvalue weighted by Gasteiger charge is -2.20. The zero-order valence-corrected chi connectivity index (χ0v) is 13.9. The summed E-state index contributed by atoms with van der Waals surface area (Å²) in [6.07, 6.45) is 1.88. The van der Waals surface area contributed by atoms with E-state index in [1.165, 1.54) is 10.8 Å². The molecule has 0 radical (unpaired) electrons. The third-order valence-electron chi connectivity index (χ3n) is 3.27. The van der Waals surface area contributed by atoms with E-state index in [0.717, 1.165) is 29.9 Å². The van der Waals surface area contributed by atoms with Crippen LogP contribution in [0.5, 0.6) is 0 Å². The summed E-state index contributed by atoms with van der Waals surface area (Å²) in [4.78, 5) is 6.75. The summed E-state index contributed by atoms with van der Waals surface area (Å²) in [5, 5.41) is 5.86. The molecule has 0 amide bonds. The van der Waals surface area contributed by atoms with Crippen LogP contribution in [0.1, 0.15) is 13.8 Å². The van der Waals surface area contributed by atoms with Crippen LogP contribution in [0, 0.1) is 5.92 Å². The molecule has 0 aliphatic carbocycles. The maximum atomic E-state index is 4.54. The van der Waals surface area contributed by atoms with Crippen LogP contribution in [0.15, 0.2) is 34.9 Å². The van der Waals surface area contributed by atoms with Gasteiger partial charge in [-0.1, -0.05) is 41.9 Å². The summed E-state index contributed by atoms with van der Waals surface area (Å²) in [6.45, 7) is 7.43. The molecule has 1 N–H and O–H groups in total. The molecular weight excluding hydrogens is 314 g/mol. The van der Waals surface area contributed by atoms with Crippen molar-refractivity contribution in [2.45, 2.75) is 13.8 Å².